The highest BCUT2D eigenvalue weighted by Gasteiger charge is 2.32. The summed E-state index contributed by atoms with van der Waals surface area (Å²) in [5.41, 5.74) is 6.73. The van der Waals surface area contributed by atoms with Crippen molar-refractivity contribution in [3.8, 4) is 0 Å². The molecule has 5 heteroatoms. The van der Waals surface area contributed by atoms with Crippen LogP contribution in [0.5, 0.6) is 0 Å². The first-order valence-electron chi connectivity index (χ1n) is 7.04. The van der Waals surface area contributed by atoms with Crippen molar-refractivity contribution in [2.45, 2.75) is 52.0 Å². The zero-order chi connectivity index (χ0) is 14.0. The van der Waals surface area contributed by atoms with Crippen molar-refractivity contribution < 1.29 is 4.74 Å². The average molecular weight is 266 g/mol. The fourth-order valence-electron chi connectivity index (χ4n) is 2.64. The van der Waals surface area contributed by atoms with Gasteiger partial charge in [0.05, 0.1) is 17.4 Å². The van der Waals surface area contributed by atoms with Gasteiger partial charge >= 0.3 is 0 Å². The standard InChI is InChI=1S/C14H26N4O/c1-11(2)18-6-5-12(16-18)8-17-9-13(7-15)19-14(3,4)10-17/h5-6,11,13H,7-10,15H2,1-4H3. The highest BCUT2D eigenvalue weighted by Crippen LogP contribution is 2.22. The third-order valence-electron chi connectivity index (χ3n) is 3.39. The first kappa shape index (κ1) is 14.5. The minimum absolute atomic E-state index is 0.121. The van der Waals surface area contributed by atoms with Crippen LogP contribution in [-0.4, -0.2) is 46.0 Å². The molecule has 1 aromatic heterocycles. The Labute approximate surface area is 115 Å². The Hall–Kier alpha value is -0.910. The lowest BCUT2D eigenvalue weighted by Crippen LogP contribution is -2.54. The molecule has 5 nitrogen and oxygen atoms in total. The van der Waals surface area contributed by atoms with Gasteiger partial charge in [0.2, 0.25) is 0 Å². The zero-order valence-electron chi connectivity index (χ0n) is 12.5. The molecule has 0 aliphatic carbocycles. The predicted octanol–water partition coefficient (Wildman–Crippen LogP) is 1.40. The van der Waals surface area contributed by atoms with Crippen LogP contribution in [-0.2, 0) is 11.3 Å². The number of ether oxygens (including phenoxy) is 1. The lowest BCUT2D eigenvalue weighted by molar-refractivity contribution is -0.134. The van der Waals surface area contributed by atoms with Crippen LogP contribution in [0.4, 0.5) is 0 Å². The lowest BCUT2D eigenvalue weighted by Gasteiger charge is -2.42. The van der Waals surface area contributed by atoms with Crippen LogP contribution in [0.3, 0.4) is 0 Å². The molecule has 1 fully saturated rings. The zero-order valence-corrected chi connectivity index (χ0v) is 12.5. The summed E-state index contributed by atoms with van der Waals surface area (Å²) in [6.07, 6.45) is 2.17. The maximum Gasteiger partial charge on any atom is 0.0831 e. The molecular weight excluding hydrogens is 240 g/mol. The summed E-state index contributed by atoms with van der Waals surface area (Å²) in [4.78, 5) is 2.38. The van der Waals surface area contributed by atoms with Crippen LogP contribution in [0.2, 0.25) is 0 Å². The maximum atomic E-state index is 5.94. The summed E-state index contributed by atoms with van der Waals surface area (Å²) in [6, 6.07) is 2.51. The van der Waals surface area contributed by atoms with Gasteiger partial charge in [0.25, 0.3) is 0 Å². The smallest absolute Gasteiger partial charge is 0.0831 e. The number of nitrogens with zero attached hydrogens (tertiary/aromatic N) is 3. The minimum atomic E-state index is -0.136. The molecule has 1 aliphatic rings. The summed E-state index contributed by atoms with van der Waals surface area (Å²) in [5.74, 6) is 0. The van der Waals surface area contributed by atoms with Gasteiger partial charge in [0, 0.05) is 38.4 Å². The largest absolute Gasteiger partial charge is 0.368 e. The fourth-order valence-corrected chi connectivity index (χ4v) is 2.64. The average Bonchev–Trinajstić information content (AvgIpc) is 2.75. The van der Waals surface area contributed by atoms with E-state index in [1.54, 1.807) is 0 Å². The van der Waals surface area contributed by atoms with Crippen molar-refractivity contribution >= 4 is 0 Å². The molecule has 0 spiro atoms. The third-order valence-corrected chi connectivity index (χ3v) is 3.39. The number of aromatic nitrogens is 2. The fraction of sp³-hybridized carbons (Fsp3) is 0.786. The van der Waals surface area contributed by atoms with Gasteiger partial charge in [-0.25, -0.2) is 0 Å². The number of hydrogen-bond donors (Lipinski definition) is 1. The van der Waals surface area contributed by atoms with Crippen molar-refractivity contribution in [2.24, 2.45) is 5.73 Å². The van der Waals surface area contributed by atoms with Crippen molar-refractivity contribution in [2.75, 3.05) is 19.6 Å². The Kier molecular flexibility index (Phi) is 4.28. The van der Waals surface area contributed by atoms with Crippen LogP contribution >= 0.6 is 0 Å². The van der Waals surface area contributed by atoms with E-state index in [4.69, 9.17) is 10.5 Å². The van der Waals surface area contributed by atoms with Crippen molar-refractivity contribution in [1.29, 1.82) is 0 Å². The van der Waals surface area contributed by atoms with E-state index in [9.17, 15) is 0 Å². The predicted molar refractivity (Wildman–Crippen MR) is 75.9 cm³/mol. The summed E-state index contributed by atoms with van der Waals surface area (Å²) in [7, 11) is 0. The van der Waals surface area contributed by atoms with Gasteiger partial charge in [-0.2, -0.15) is 5.10 Å². The molecule has 2 rings (SSSR count). The molecule has 1 atom stereocenters. The highest BCUT2D eigenvalue weighted by atomic mass is 16.5. The van der Waals surface area contributed by atoms with Gasteiger partial charge in [-0.1, -0.05) is 0 Å². The Balaban J connectivity index is 2.00. The lowest BCUT2D eigenvalue weighted by atomic mass is 10.0. The molecule has 1 aromatic rings. The summed E-state index contributed by atoms with van der Waals surface area (Å²) in [6.45, 7) is 11.7. The van der Waals surface area contributed by atoms with Crippen molar-refractivity contribution in [3.63, 3.8) is 0 Å². The molecule has 2 heterocycles. The summed E-state index contributed by atoms with van der Waals surface area (Å²) in [5, 5.41) is 4.61. The second-order valence-corrected chi connectivity index (χ2v) is 6.29. The van der Waals surface area contributed by atoms with Crippen LogP contribution in [0.15, 0.2) is 12.3 Å². The molecule has 0 bridgehead atoms. The molecule has 19 heavy (non-hydrogen) atoms. The van der Waals surface area contributed by atoms with Crippen LogP contribution in [0.25, 0.3) is 0 Å². The monoisotopic (exact) mass is 266 g/mol. The van der Waals surface area contributed by atoms with Crippen LogP contribution in [0, 0.1) is 0 Å². The van der Waals surface area contributed by atoms with Gasteiger partial charge in [0.1, 0.15) is 0 Å². The van der Waals surface area contributed by atoms with Gasteiger partial charge in [-0.05, 0) is 33.8 Å². The Morgan fingerprint density at radius 1 is 1.53 bits per heavy atom. The number of rotatable bonds is 4. The van der Waals surface area contributed by atoms with Gasteiger partial charge in [0.15, 0.2) is 0 Å². The number of hydrogen-bond acceptors (Lipinski definition) is 4. The van der Waals surface area contributed by atoms with E-state index < -0.39 is 0 Å². The molecular formula is C14H26N4O. The summed E-state index contributed by atoms with van der Waals surface area (Å²) >= 11 is 0. The van der Waals surface area contributed by atoms with Gasteiger partial charge in [-0.15, -0.1) is 0 Å². The van der Waals surface area contributed by atoms with E-state index in [0.29, 0.717) is 12.6 Å². The second kappa shape index (κ2) is 5.61. The third kappa shape index (κ3) is 3.78. The molecule has 1 aliphatic heterocycles. The minimum Gasteiger partial charge on any atom is -0.368 e. The molecule has 0 amide bonds. The topological polar surface area (TPSA) is 56.3 Å². The molecule has 0 radical (unpaired) electrons. The first-order chi connectivity index (χ1) is 8.89. The van der Waals surface area contributed by atoms with E-state index in [2.05, 4.69) is 43.8 Å². The van der Waals surface area contributed by atoms with E-state index in [0.717, 1.165) is 25.3 Å². The first-order valence-corrected chi connectivity index (χ1v) is 7.04. The summed E-state index contributed by atoms with van der Waals surface area (Å²) < 4.78 is 7.94. The molecule has 1 unspecified atom stereocenters. The maximum absolute atomic E-state index is 5.94. The van der Waals surface area contributed by atoms with Gasteiger partial charge < -0.3 is 10.5 Å². The van der Waals surface area contributed by atoms with Crippen LogP contribution < -0.4 is 5.73 Å². The van der Waals surface area contributed by atoms with E-state index in [1.807, 2.05) is 10.9 Å². The second-order valence-electron chi connectivity index (χ2n) is 6.29. The highest BCUT2D eigenvalue weighted by molar-refractivity contribution is 5.00. The number of morpholine rings is 1. The van der Waals surface area contributed by atoms with Gasteiger partial charge in [-0.3, -0.25) is 9.58 Å². The van der Waals surface area contributed by atoms with E-state index >= 15 is 0 Å². The van der Waals surface area contributed by atoms with Crippen molar-refractivity contribution in [3.05, 3.63) is 18.0 Å². The van der Waals surface area contributed by atoms with E-state index in [1.165, 1.54) is 0 Å². The quantitative estimate of drug-likeness (QED) is 0.895. The van der Waals surface area contributed by atoms with Crippen molar-refractivity contribution in [1.82, 2.24) is 14.7 Å². The molecule has 108 valence electrons. The number of nitrogens with two attached hydrogens (primary N) is 1. The Morgan fingerprint density at radius 3 is 2.84 bits per heavy atom. The van der Waals surface area contributed by atoms with E-state index in [-0.39, 0.29) is 11.7 Å². The molecule has 0 saturated carbocycles. The molecule has 0 aromatic carbocycles. The Morgan fingerprint density at radius 2 is 2.26 bits per heavy atom. The van der Waals surface area contributed by atoms with Crippen LogP contribution in [0.1, 0.15) is 39.4 Å². The molecule has 1 saturated heterocycles. The SMILES string of the molecule is CC(C)n1ccc(CN2CC(CN)OC(C)(C)C2)n1. The normalized spacial score (nSPS) is 24.0. The molecule has 2 N–H and O–H groups in total. The Bertz CT molecular complexity index is 413.